The third-order valence-electron chi connectivity index (χ3n) is 8.35. The largest absolute Gasteiger partial charge is 0.466 e. The second-order valence-corrected chi connectivity index (χ2v) is 9.14. The molecule has 0 aromatic heterocycles. The number of fused-ring (bicyclic) bond motifs is 5. The molecule has 0 N–H and O–H groups in total. The average molecular weight is 358 g/mol. The fourth-order valence-corrected chi connectivity index (χ4v) is 7.12. The van der Waals surface area contributed by atoms with Crippen LogP contribution in [0.4, 0.5) is 0 Å². The Morgan fingerprint density at radius 1 is 1.19 bits per heavy atom. The number of aldehydes is 1. The number of rotatable bonds is 3. The van der Waals surface area contributed by atoms with Crippen molar-refractivity contribution < 1.29 is 19.1 Å². The summed E-state index contributed by atoms with van der Waals surface area (Å²) in [6.07, 6.45) is 9.99. The summed E-state index contributed by atoms with van der Waals surface area (Å²) < 4.78 is 5.37. The molecule has 142 valence electrons. The maximum atomic E-state index is 12.5. The molecule has 0 unspecified atom stereocenters. The Labute approximate surface area is 155 Å². The Balaban J connectivity index is 1.65. The quantitative estimate of drug-likeness (QED) is 0.567. The summed E-state index contributed by atoms with van der Waals surface area (Å²) in [6, 6.07) is 0. The fraction of sp³-hybridized carbons (Fsp3) is 0.773. The second kappa shape index (κ2) is 6.31. The minimum absolute atomic E-state index is 0.00317. The van der Waals surface area contributed by atoms with Gasteiger partial charge in [-0.05, 0) is 81.1 Å². The van der Waals surface area contributed by atoms with Crippen molar-refractivity contribution in [2.45, 2.75) is 65.2 Å². The van der Waals surface area contributed by atoms with Crippen LogP contribution in [0.5, 0.6) is 0 Å². The van der Waals surface area contributed by atoms with E-state index in [9.17, 15) is 14.4 Å². The molecule has 4 aliphatic carbocycles. The summed E-state index contributed by atoms with van der Waals surface area (Å²) in [7, 11) is 0. The zero-order valence-corrected chi connectivity index (χ0v) is 16.0. The minimum Gasteiger partial charge on any atom is -0.466 e. The van der Waals surface area contributed by atoms with E-state index >= 15 is 0 Å². The van der Waals surface area contributed by atoms with Gasteiger partial charge in [-0.15, -0.1) is 0 Å². The van der Waals surface area contributed by atoms with Crippen LogP contribution in [0.25, 0.3) is 0 Å². The van der Waals surface area contributed by atoms with Gasteiger partial charge < -0.3 is 9.53 Å². The lowest BCUT2D eigenvalue weighted by Crippen LogP contribution is -2.52. The van der Waals surface area contributed by atoms with E-state index in [4.69, 9.17) is 4.74 Å². The monoisotopic (exact) mass is 358 g/mol. The molecule has 3 fully saturated rings. The van der Waals surface area contributed by atoms with Crippen LogP contribution in [-0.4, -0.2) is 24.6 Å². The SMILES string of the molecule is CCOC(=O)[C@@H]1CC[C@@H]2[C@H]3CCC4=CC(=O)CC[C@@]4(C=O)[C@@H]3CC[C@@]21C. The van der Waals surface area contributed by atoms with Gasteiger partial charge >= 0.3 is 5.97 Å². The molecule has 3 saturated carbocycles. The van der Waals surface area contributed by atoms with Crippen LogP contribution in [0, 0.1) is 34.5 Å². The molecule has 4 aliphatic rings. The van der Waals surface area contributed by atoms with Gasteiger partial charge in [0.1, 0.15) is 6.29 Å². The number of allylic oxidation sites excluding steroid dienone is 1. The van der Waals surface area contributed by atoms with Gasteiger partial charge in [0.05, 0.1) is 17.9 Å². The molecule has 4 rings (SSSR count). The third-order valence-corrected chi connectivity index (χ3v) is 8.35. The predicted octanol–water partition coefficient (Wildman–Crippen LogP) is 3.88. The highest BCUT2D eigenvalue weighted by Crippen LogP contribution is 2.66. The minimum atomic E-state index is -0.416. The van der Waals surface area contributed by atoms with Crippen molar-refractivity contribution in [3.05, 3.63) is 11.6 Å². The van der Waals surface area contributed by atoms with Crippen molar-refractivity contribution in [1.82, 2.24) is 0 Å². The van der Waals surface area contributed by atoms with Crippen molar-refractivity contribution in [3.63, 3.8) is 0 Å². The molecule has 0 spiro atoms. The number of ketones is 1. The second-order valence-electron chi connectivity index (χ2n) is 9.14. The summed E-state index contributed by atoms with van der Waals surface area (Å²) in [6.45, 7) is 4.60. The first kappa shape index (κ1) is 17.9. The molecule has 0 heterocycles. The molecule has 0 radical (unpaired) electrons. The predicted molar refractivity (Wildman–Crippen MR) is 97.2 cm³/mol. The zero-order chi connectivity index (χ0) is 18.5. The van der Waals surface area contributed by atoms with Crippen LogP contribution in [0.1, 0.15) is 65.2 Å². The Kier molecular flexibility index (Phi) is 4.36. The molecule has 6 atom stereocenters. The summed E-state index contributed by atoms with van der Waals surface area (Å²) in [5.74, 6) is 1.48. The van der Waals surface area contributed by atoms with Crippen molar-refractivity contribution in [2.24, 2.45) is 34.5 Å². The first-order valence-corrected chi connectivity index (χ1v) is 10.3. The van der Waals surface area contributed by atoms with Crippen LogP contribution in [0.2, 0.25) is 0 Å². The van der Waals surface area contributed by atoms with Crippen LogP contribution in [0.15, 0.2) is 11.6 Å². The van der Waals surface area contributed by atoms with Crippen molar-refractivity contribution >= 4 is 18.0 Å². The number of esters is 1. The molecule has 0 saturated heterocycles. The molecular formula is C22H30O4. The Morgan fingerprint density at radius 3 is 2.73 bits per heavy atom. The summed E-state index contributed by atoms with van der Waals surface area (Å²) in [4.78, 5) is 36.7. The topological polar surface area (TPSA) is 60.4 Å². The van der Waals surface area contributed by atoms with Crippen LogP contribution >= 0.6 is 0 Å². The van der Waals surface area contributed by atoms with Gasteiger partial charge in [-0.1, -0.05) is 12.5 Å². The van der Waals surface area contributed by atoms with E-state index < -0.39 is 5.41 Å². The lowest BCUT2D eigenvalue weighted by atomic mass is 9.46. The lowest BCUT2D eigenvalue weighted by molar-refractivity contribution is -0.156. The first-order valence-electron chi connectivity index (χ1n) is 10.3. The zero-order valence-electron chi connectivity index (χ0n) is 16.0. The fourth-order valence-electron chi connectivity index (χ4n) is 7.12. The lowest BCUT2D eigenvalue weighted by Gasteiger charge is -2.57. The highest BCUT2D eigenvalue weighted by atomic mass is 16.5. The number of hydrogen-bond acceptors (Lipinski definition) is 4. The van der Waals surface area contributed by atoms with Gasteiger partial charge in [0.15, 0.2) is 5.78 Å². The molecule has 0 aliphatic heterocycles. The van der Waals surface area contributed by atoms with Gasteiger partial charge in [-0.2, -0.15) is 0 Å². The van der Waals surface area contributed by atoms with E-state index in [0.717, 1.165) is 44.1 Å². The smallest absolute Gasteiger partial charge is 0.309 e. The molecule has 4 nitrogen and oxygen atoms in total. The summed E-state index contributed by atoms with van der Waals surface area (Å²) in [5, 5.41) is 0. The van der Waals surface area contributed by atoms with Gasteiger partial charge in [0.25, 0.3) is 0 Å². The molecular weight excluding hydrogens is 328 g/mol. The summed E-state index contributed by atoms with van der Waals surface area (Å²) >= 11 is 0. The van der Waals surface area contributed by atoms with Gasteiger partial charge in [-0.3, -0.25) is 9.59 Å². The van der Waals surface area contributed by atoms with Gasteiger partial charge in [0.2, 0.25) is 0 Å². The Bertz CT molecular complexity index is 665. The number of carbonyl (C=O) groups is 3. The standard InChI is InChI=1S/C22H30O4/c1-3-26-20(25)19-7-6-17-16-5-4-14-12-15(24)8-11-22(14,13-23)18(16)9-10-21(17,19)2/h12-13,16-19H,3-11H2,1-2H3/t16-,17-,18-,19+,21+,22+/m1/s1. The van der Waals surface area contributed by atoms with Crippen molar-refractivity contribution in [2.75, 3.05) is 6.61 Å². The molecule has 0 amide bonds. The molecule has 26 heavy (non-hydrogen) atoms. The van der Waals surface area contributed by atoms with E-state index in [-0.39, 0.29) is 23.1 Å². The molecule has 4 heteroatoms. The van der Waals surface area contributed by atoms with E-state index in [1.165, 1.54) is 6.29 Å². The number of hydrogen-bond donors (Lipinski definition) is 0. The van der Waals surface area contributed by atoms with Crippen LogP contribution in [-0.2, 0) is 19.1 Å². The van der Waals surface area contributed by atoms with E-state index in [1.807, 2.05) is 6.92 Å². The highest BCUT2D eigenvalue weighted by Gasteiger charge is 2.61. The highest BCUT2D eigenvalue weighted by molar-refractivity contribution is 5.93. The molecule has 0 aromatic rings. The first-order chi connectivity index (χ1) is 12.5. The third kappa shape index (κ3) is 2.36. The van der Waals surface area contributed by atoms with Crippen molar-refractivity contribution in [1.29, 1.82) is 0 Å². The summed E-state index contributed by atoms with van der Waals surface area (Å²) in [5.41, 5.74) is 0.678. The maximum absolute atomic E-state index is 12.5. The van der Waals surface area contributed by atoms with Crippen LogP contribution in [0.3, 0.4) is 0 Å². The maximum Gasteiger partial charge on any atom is 0.309 e. The normalized spacial score (nSPS) is 44.4. The van der Waals surface area contributed by atoms with E-state index in [1.54, 1.807) is 6.08 Å². The Morgan fingerprint density at radius 2 is 2.00 bits per heavy atom. The Hall–Kier alpha value is -1.45. The van der Waals surface area contributed by atoms with E-state index in [0.29, 0.717) is 37.2 Å². The molecule has 0 aromatic carbocycles. The number of carbonyl (C=O) groups excluding carboxylic acids is 3. The van der Waals surface area contributed by atoms with Crippen LogP contribution < -0.4 is 0 Å². The van der Waals surface area contributed by atoms with Gasteiger partial charge in [0, 0.05) is 6.42 Å². The average Bonchev–Trinajstić information content (AvgIpc) is 2.99. The van der Waals surface area contributed by atoms with Gasteiger partial charge in [-0.25, -0.2) is 0 Å². The van der Waals surface area contributed by atoms with E-state index in [2.05, 4.69) is 6.92 Å². The van der Waals surface area contributed by atoms with Crippen molar-refractivity contribution in [3.8, 4) is 0 Å². The number of ether oxygens (including phenoxy) is 1. The molecule has 0 bridgehead atoms.